The van der Waals surface area contributed by atoms with Crippen LogP contribution >= 0.6 is 11.3 Å². The Morgan fingerprint density at radius 3 is 1.77 bits per heavy atom. The van der Waals surface area contributed by atoms with Gasteiger partial charge in [0.15, 0.2) is 0 Å². The number of para-hydroxylation sites is 1. The first-order chi connectivity index (χ1) is 25.8. The van der Waals surface area contributed by atoms with Crippen LogP contribution in [0.15, 0.2) is 200 Å². The fraction of sp³-hybridized carbons (Fsp3) is 0. The molecule has 0 unspecified atom stereocenters. The van der Waals surface area contributed by atoms with Crippen LogP contribution in [-0.2, 0) is 0 Å². The Bertz CT molecular complexity index is 2890. The van der Waals surface area contributed by atoms with Gasteiger partial charge in [-0.2, -0.15) is 0 Å². The Balaban J connectivity index is 1.12. The van der Waals surface area contributed by atoms with Gasteiger partial charge in [0.25, 0.3) is 0 Å². The maximum Gasteiger partial charge on any atom is 0.0540 e. The first-order valence-corrected chi connectivity index (χ1v) is 18.6. The van der Waals surface area contributed by atoms with Crippen molar-refractivity contribution in [1.82, 2.24) is 0 Å². The molecule has 2 heteroatoms. The summed E-state index contributed by atoms with van der Waals surface area (Å²) >= 11 is 1.88. The van der Waals surface area contributed by atoms with E-state index < -0.39 is 0 Å². The second-order valence-electron chi connectivity index (χ2n) is 13.3. The van der Waals surface area contributed by atoms with E-state index in [0.29, 0.717) is 0 Å². The van der Waals surface area contributed by atoms with Crippen LogP contribution in [0.5, 0.6) is 0 Å². The molecule has 1 heterocycles. The standard InChI is InChI=1S/C50H33NS/c1-2-11-34(12-3-1)35-21-23-37(24-22-35)44-15-6-8-19-48(44)51(41-31-32-43-39(33-41)26-25-36-13-4-5-14-42(36)43)40-29-27-38(28-30-40)45-17-10-18-47-46-16-7-9-20-49(46)52-50(45)47/h1-33H. The average Bonchev–Trinajstić information content (AvgIpc) is 3.61. The van der Waals surface area contributed by atoms with Crippen molar-refractivity contribution in [1.29, 1.82) is 0 Å². The van der Waals surface area contributed by atoms with Crippen LogP contribution in [0.4, 0.5) is 17.1 Å². The highest BCUT2D eigenvalue weighted by Gasteiger charge is 2.19. The van der Waals surface area contributed by atoms with Gasteiger partial charge in [-0.3, -0.25) is 0 Å². The fourth-order valence-electron chi connectivity index (χ4n) is 7.72. The fourth-order valence-corrected chi connectivity index (χ4v) is 8.96. The first-order valence-electron chi connectivity index (χ1n) is 17.8. The number of thiophene rings is 1. The van der Waals surface area contributed by atoms with Crippen LogP contribution in [0.1, 0.15) is 0 Å². The van der Waals surface area contributed by atoms with E-state index in [4.69, 9.17) is 0 Å². The normalized spacial score (nSPS) is 11.5. The van der Waals surface area contributed by atoms with Crippen molar-refractivity contribution in [3.8, 4) is 33.4 Å². The summed E-state index contributed by atoms with van der Waals surface area (Å²) < 4.78 is 2.66. The molecule has 0 spiro atoms. The number of rotatable bonds is 6. The molecule has 0 aliphatic heterocycles. The number of benzene rings is 9. The van der Waals surface area contributed by atoms with E-state index >= 15 is 0 Å². The minimum Gasteiger partial charge on any atom is -0.310 e. The molecule has 244 valence electrons. The second-order valence-corrected chi connectivity index (χ2v) is 14.4. The number of nitrogens with zero attached hydrogens (tertiary/aromatic N) is 1. The highest BCUT2D eigenvalue weighted by Crippen LogP contribution is 2.44. The van der Waals surface area contributed by atoms with E-state index in [-0.39, 0.29) is 0 Å². The number of fused-ring (bicyclic) bond motifs is 6. The van der Waals surface area contributed by atoms with Crippen LogP contribution in [0.2, 0.25) is 0 Å². The third-order valence-corrected chi connectivity index (χ3v) is 11.5. The quantitative estimate of drug-likeness (QED) is 0.158. The third kappa shape index (κ3) is 5.24. The predicted molar refractivity (Wildman–Crippen MR) is 225 cm³/mol. The maximum absolute atomic E-state index is 2.42. The summed E-state index contributed by atoms with van der Waals surface area (Å²) in [6.07, 6.45) is 0. The van der Waals surface area contributed by atoms with Gasteiger partial charge in [-0.1, -0.05) is 164 Å². The molecule has 10 rings (SSSR count). The zero-order valence-electron chi connectivity index (χ0n) is 28.4. The molecule has 52 heavy (non-hydrogen) atoms. The topological polar surface area (TPSA) is 3.24 Å². The van der Waals surface area contributed by atoms with Crippen LogP contribution in [-0.4, -0.2) is 0 Å². The Kier molecular flexibility index (Phi) is 7.41. The van der Waals surface area contributed by atoms with Crippen molar-refractivity contribution >= 4 is 70.1 Å². The van der Waals surface area contributed by atoms with Gasteiger partial charge in [-0.25, -0.2) is 0 Å². The Morgan fingerprint density at radius 1 is 0.327 bits per heavy atom. The minimum atomic E-state index is 1.11. The molecule has 0 N–H and O–H groups in total. The van der Waals surface area contributed by atoms with E-state index in [1.165, 1.54) is 75.1 Å². The first kappa shape index (κ1) is 30.4. The van der Waals surface area contributed by atoms with Gasteiger partial charge in [-0.05, 0) is 85.8 Å². The van der Waals surface area contributed by atoms with Crippen molar-refractivity contribution in [2.75, 3.05) is 4.90 Å². The van der Waals surface area contributed by atoms with Crippen LogP contribution in [0.25, 0.3) is 75.1 Å². The SMILES string of the molecule is c1ccc(-c2ccc(-c3ccccc3N(c3ccc(-c4cccc5c4sc4ccccc45)cc3)c3ccc4c(ccc5ccccc54)c3)cc2)cc1. The molecule has 0 amide bonds. The molecular weight excluding hydrogens is 647 g/mol. The Morgan fingerprint density at radius 2 is 0.904 bits per heavy atom. The van der Waals surface area contributed by atoms with Crippen molar-refractivity contribution < 1.29 is 0 Å². The number of anilines is 3. The molecule has 9 aromatic carbocycles. The average molecular weight is 680 g/mol. The molecule has 1 nitrogen and oxygen atoms in total. The van der Waals surface area contributed by atoms with E-state index in [9.17, 15) is 0 Å². The molecule has 0 fully saturated rings. The van der Waals surface area contributed by atoms with Crippen molar-refractivity contribution in [3.05, 3.63) is 200 Å². The summed E-state index contributed by atoms with van der Waals surface area (Å²) in [5.74, 6) is 0. The van der Waals surface area contributed by atoms with Gasteiger partial charge < -0.3 is 4.90 Å². The Hall–Kier alpha value is -6.48. The molecule has 10 aromatic rings. The molecule has 0 aliphatic carbocycles. The lowest BCUT2D eigenvalue weighted by Gasteiger charge is -2.28. The van der Waals surface area contributed by atoms with Crippen LogP contribution < -0.4 is 4.90 Å². The number of hydrogen-bond acceptors (Lipinski definition) is 2. The summed E-state index contributed by atoms with van der Waals surface area (Å²) in [5.41, 5.74) is 10.7. The van der Waals surface area contributed by atoms with Crippen molar-refractivity contribution in [2.45, 2.75) is 0 Å². The molecule has 0 bridgehead atoms. The van der Waals surface area contributed by atoms with E-state index in [1.807, 2.05) is 11.3 Å². The van der Waals surface area contributed by atoms with Crippen LogP contribution in [0, 0.1) is 0 Å². The Labute approximate surface area is 307 Å². The predicted octanol–water partition coefficient (Wildman–Crippen LogP) is 14.8. The van der Waals surface area contributed by atoms with E-state index in [2.05, 4.69) is 205 Å². The maximum atomic E-state index is 2.42. The molecular formula is C50H33NS. The van der Waals surface area contributed by atoms with E-state index in [0.717, 1.165) is 17.1 Å². The summed E-state index contributed by atoms with van der Waals surface area (Å²) in [4.78, 5) is 2.42. The summed E-state index contributed by atoms with van der Waals surface area (Å²) in [6.45, 7) is 0. The monoisotopic (exact) mass is 679 g/mol. The molecule has 0 saturated carbocycles. The third-order valence-electron chi connectivity index (χ3n) is 10.3. The summed E-state index contributed by atoms with van der Waals surface area (Å²) in [6, 6.07) is 72.9. The van der Waals surface area contributed by atoms with Crippen LogP contribution in [0.3, 0.4) is 0 Å². The van der Waals surface area contributed by atoms with Gasteiger partial charge in [0, 0.05) is 37.1 Å². The second kappa shape index (κ2) is 12.7. The molecule has 0 aliphatic rings. The smallest absolute Gasteiger partial charge is 0.0540 e. The molecule has 0 radical (unpaired) electrons. The highest BCUT2D eigenvalue weighted by molar-refractivity contribution is 7.26. The van der Waals surface area contributed by atoms with Gasteiger partial charge in [0.2, 0.25) is 0 Å². The van der Waals surface area contributed by atoms with Gasteiger partial charge >= 0.3 is 0 Å². The summed E-state index contributed by atoms with van der Waals surface area (Å²) in [7, 11) is 0. The minimum absolute atomic E-state index is 1.11. The van der Waals surface area contributed by atoms with Gasteiger partial charge in [0.05, 0.1) is 5.69 Å². The van der Waals surface area contributed by atoms with Crippen molar-refractivity contribution in [2.24, 2.45) is 0 Å². The van der Waals surface area contributed by atoms with E-state index in [1.54, 1.807) is 0 Å². The lowest BCUT2D eigenvalue weighted by Crippen LogP contribution is -2.11. The van der Waals surface area contributed by atoms with Gasteiger partial charge in [0.1, 0.15) is 0 Å². The number of hydrogen-bond donors (Lipinski definition) is 0. The summed E-state index contributed by atoms with van der Waals surface area (Å²) in [5, 5.41) is 7.66. The van der Waals surface area contributed by atoms with Gasteiger partial charge in [-0.15, -0.1) is 11.3 Å². The highest BCUT2D eigenvalue weighted by atomic mass is 32.1. The largest absolute Gasteiger partial charge is 0.310 e. The lowest BCUT2D eigenvalue weighted by atomic mass is 9.97. The zero-order valence-corrected chi connectivity index (χ0v) is 29.2. The van der Waals surface area contributed by atoms with Crippen molar-refractivity contribution in [3.63, 3.8) is 0 Å². The molecule has 0 saturated heterocycles. The zero-order chi connectivity index (χ0) is 34.4. The molecule has 0 atom stereocenters. The molecule has 1 aromatic heterocycles. The lowest BCUT2D eigenvalue weighted by molar-refractivity contribution is 1.29.